The molecule has 0 bridgehead atoms. The molecule has 3 nitrogen and oxygen atoms in total. The summed E-state index contributed by atoms with van der Waals surface area (Å²) in [5, 5.41) is 10.4. The van der Waals surface area contributed by atoms with Gasteiger partial charge in [0.1, 0.15) is 5.01 Å². The fraction of sp³-hybridized carbons (Fsp3) is 0.750. The first kappa shape index (κ1) is 12.0. The maximum absolute atomic E-state index is 4.49. The average Bonchev–Trinajstić information content (AvgIpc) is 2.99. The van der Waals surface area contributed by atoms with Crippen molar-refractivity contribution in [2.45, 2.75) is 45.2 Å². The van der Waals surface area contributed by atoms with Crippen LogP contribution < -0.4 is 10.6 Å². The Bertz CT molecular complexity index is 320. The second-order valence-electron chi connectivity index (χ2n) is 4.58. The van der Waals surface area contributed by atoms with Crippen LogP contribution in [0.4, 0.5) is 0 Å². The molecule has 90 valence electrons. The molecule has 1 aliphatic rings. The Kier molecular flexibility index (Phi) is 4.32. The summed E-state index contributed by atoms with van der Waals surface area (Å²) in [6.07, 6.45) is 3.95. The number of thiazole rings is 1. The molecule has 0 amide bonds. The summed E-state index contributed by atoms with van der Waals surface area (Å²) in [6, 6.07) is 1.22. The molecule has 1 aliphatic carbocycles. The van der Waals surface area contributed by atoms with Crippen LogP contribution in [0.2, 0.25) is 0 Å². The Morgan fingerprint density at radius 2 is 2.31 bits per heavy atom. The minimum absolute atomic E-state index is 0.389. The Morgan fingerprint density at radius 1 is 1.50 bits per heavy atom. The first-order valence-electron chi connectivity index (χ1n) is 6.14. The van der Waals surface area contributed by atoms with Gasteiger partial charge in [0.05, 0.1) is 6.04 Å². The molecule has 2 rings (SSSR count). The van der Waals surface area contributed by atoms with E-state index in [1.54, 1.807) is 11.3 Å². The van der Waals surface area contributed by atoms with E-state index in [4.69, 9.17) is 0 Å². The van der Waals surface area contributed by atoms with Crippen LogP contribution in [0.15, 0.2) is 5.38 Å². The molecule has 1 atom stereocenters. The normalized spacial score (nSPS) is 17.6. The molecule has 4 heteroatoms. The van der Waals surface area contributed by atoms with Gasteiger partial charge in [-0.3, -0.25) is 0 Å². The van der Waals surface area contributed by atoms with Crippen molar-refractivity contribution in [3.63, 3.8) is 0 Å². The van der Waals surface area contributed by atoms with Gasteiger partial charge in [-0.15, -0.1) is 11.3 Å². The maximum atomic E-state index is 4.49. The van der Waals surface area contributed by atoms with Gasteiger partial charge in [-0.2, -0.15) is 0 Å². The fourth-order valence-corrected chi connectivity index (χ4v) is 2.49. The van der Waals surface area contributed by atoms with Crippen molar-refractivity contribution in [2.75, 3.05) is 13.1 Å². The fourth-order valence-electron chi connectivity index (χ4n) is 1.66. The predicted molar refractivity (Wildman–Crippen MR) is 68.9 cm³/mol. The summed E-state index contributed by atoms with van der Waals surface area (Å²) in [6.45, 7) is 6.44. The summed E-state index contributed by atoms with van der Waals surface area (Å²) in [4.78, 5) is 4.49. The smallest absolute Gasteiger partial charge is 0.110 e. The highest BCUT2D eigenvalue weighted by atomic mass is 32.1. The minimum atomic E-state index is 0.389. The number of aromatic nitrogens is 1. The summed E-state index contributed by atoms with van der Waals surface area (Å²) < 4.78 is 0. The third-order valence-electron chi connectivity index (χ3n) is 2.82. The van der Waals surface area contributed by atoms with Gasteiger partial charge in [0, 0.05) is 17.1 Å². The monoisotopic (exact) mass is 239 g/mol. The Balaban J connectivity index is 1.57. The van der Waals surface area contributed by atoms with E-state index in [0.29, 0.717) is 6.04 Å². The van der Waals surface area contributed by atoms with Crippen LogP contribution in [0.25, 0.3) is 0 Å². The van der Waals surface area contributed by atoms with E-state index in [9.17, 15) is 0 Å². The van der Waals surface area contributed by atoms with E-state index in [1.807, 2.05) is 6.92 Å². The van der Waals surface area contributed by atoms with Crippen molar-refractivity contribution in [1.82, 2.24) is 15.6 Å². The van der Waals surface area contributed by atoms with Crippen molar-refractivity contribution in [2.24, 2.45) is 0 Å². The average molecular weight is 239 g/mol. The minimum Gasteiger partial charge on any atom is -0.314 e. The van der Waals surface area contributed by atoms with Gasteiger partial charge in [0.25, 0.3) is 0 Å². The van der Waals surface area contributed by atoms with Crippen LogP contribution in [0.5, 0.6) is 0 Å². The molecule has 1 fully saturated rings. The highest BCUT2D eigenvalue weighted by Gasteiger charge is 2.19. The molecule has 16 heavy (non-hydrogen) atoms. The van der Waals surface area contributed by atoms with Gasteiger partial charge in [0.15, 0.2) is 0 Å². The Labute approximate surface area is 102 Å². The van der Waals surface area contributed by atoms with Gasteiger partial charge >= 0.3 is 0 Å². The lowest BCUT2D eigenvalue weighted by atomic mass is 10.3. The Morgan fingerprint density at radius 3 is 2.94 bits per heavy atom. The van der Waals surface area contributed by atoms with Crippen LogP contribution in [0.3, 0.4) is 0 Å². The van der Waals surface area contributed by atoms with Crippen molar-refractivity contribution in [3.8, 4) is 0 Å². The summed E-state index contributed by atoms with van der Waals surface area (Å²) in [7, 11) is 0. The van der Waals surface area contributed by atoms with Crippen LogP contribution in [0.1, 0.15) is 42.9 Å². The highest BCUT2D eigenvalue weighted by molar-refractivity contribution is 7.09. The summed E-state index contributed by atoms with van der Waals surface area (Å²) in [5.74, 6) is 0. The topological polar surface area (TPSA) is 37.0 Å². The van der Waals surface area contributed by atoms with Crippen LogP contribution in [0, 0.1) is 6.92 Å². The molecule has 1 unspecified atom stereocenters. The molecule has 0 radical (unpaired) electrons. The van der Waals surface area contributed by atoms with Crippen LogP contribution >= 0.6 is 11.3 Å². The van der Waals surface area contributed by atoms with E-state index < -0.39 is 0 Å². The zero-order chi connectivity index (χ0) is 11.4. The maximum Gasteiger partial charge on any atom is 0.110 e. The molecule has 1 heterocycles. The second-order valence-corrected chi connectivity index (χ2v) is 5.47. The van der Waals surface area contributed by atoms with Gasteiger partial charge in [-0.1, -0.05) is 0 Å². The largest absolute Gasteiger partial charge is 0.314 e. The first-order chi connectivity index (χ1) is 7.75. The van der Waals surface area contributed by atoms with Gasteiger partial charge in [-0.05, 0) is 46.2 Å². The zero-order valence-electron chi connectivity index (χ0n) is 10.1. The lowest BCUT2D eigenvalue weighted by Gasteiger charge is -2.11. The molecule has 0 saturated heterocycles. The standard InChI is InChI=1S/C12H21N3S/c1-9-8-16-12(15-9)10(2)13-6-3-7-14-11-4-5-11/h8,10-11,13-14H,3-7H2,1-2H3. The van der Waals surface area contributed by atoms with Crippen molar-refractivity contribution in [3.05, 3.63) is 16.1 Å². The number of hydrogen-bond donors (Lipinski definition) is 2. The van der Waals surface area contributed by atoms with Crippen molar-refractivity contribution in [1.29, 1.82) is 0 Å². The predicted octanol–water partition coefficient (Wildman–Crippen LogP) is 2.24. The summed E-state index contributed by atoms with van der Waals surface area (Å²) >= 11 is 1.75. The van der Waals surface area contributed by atoms with Crippen LogP contribution in [-0.2, 0) is 0 Å². The molecular formula is C12H21N3S. The lowest BCUT2D eigenvalue weighted by Crippen LogP contribution is -2.25. The molecule has 2 N–H and O–H groups in total. The van der Waals surface area contributed by atoms with E-state index >= 15 is 0 Å². The molecule has 0 aromatic carbocycles. The van der Waals surface area contributed by atoms with E-state index in [0.717, 1.165) is 24.8 Å². The molecular weight excluding hydrogens is 218 g/mol. The molecule has 1 saturated carbocycles. The van der Waals surface area contributed by atoms with E-state index in [1.165, 1.54) is 24.3 Å². The molecule has 1 aromatic rings. The van der Waals surface area contributed by atoms with Crippen LogP contribution in [-0.4, -0.2) is 24.1 Å². The second kappa shape index (κ2) is 5.75. The van der Waals surface area contributed by atoms with E-state index in [2.05, 4.69) is 27.9 Å². The number of rotatable bonds is 7. The quantitative estimate of drug-likeness (QED) is 0.717. The SMILES string of the molecule is Cc1csc(C(C)NCCCNC2CC2)n1. The zero-order valence-corrected chi connectivity index (χ0v) is 10.9. The highest BCUT2D eigenvalue weighted by Crippen LogP contribution is 2.18. The summed E-state index contributed by atoms with van der Waals surface area (Å²) in [5.41, 5.74) is 1.13. The first-order valence-corrected chi connectivity index (χ1v) is 7.02. The molecule has 1 aromatic heterocycles. The third kappa shape index (κ3) is 3.85. The number of nitrogens with zero attached hydrogens (tertiary/aromatic N) is 1. The number of hydrogen-bond acceptors (Lipinski definition) is 4. The van der Waals surface area contributed by atoms with E-state index in [-0.39, 0.29) is 0 Å². The number of aryl methyl sites for hydroxylation is 1. The molecule has 0 spiro atoms. The van der Waals surface area contributed by atoms with Crippen molar-refractivity contribution < 1.29 is 0 Å². The number of nitrogens with one attached hydrogen (secondary N) is 2. The van der Waals surface area contributed by atoms with Gasteiger partial charge in [0.2, 0.25) is 0 Å². The van der Waals surface area contributed by atoms with Gasteiger partial charge < -0.3 is 10.6 Å². The van der Waals surface area contributed by atoms with Crippen molar-refractivity contribution >= 4 is 11.3 Å². The van der Waals surface area contributed by atoms with Gasteiger partial charge in [-0.25, -0.2) is 4.98 Å². The molecule has 0 aliphatic heterocycles. The lowest BCUT2D eigenvalue weighted by molar-refractivity contribution is 0.535. The third-order valence-corrected chi connectivity index (χ3v) is 3.97. The Hall–Kier alpha value is -0.450.